The molecule has 0 heterocycles. The third-order valence-electron chi connectivity index (χ3n) is 0.756. The molecule has 40 valence electrons. The zero-order valence-corrected chi connectivity index (χ0v) is 8.87. The molecule has 0 saturated heterocycles. The Morgan fingerprint density at radius 3 is 1.67 bits per heavy atom. The summed E-state index contributed by atoms with van der Waals surface area (Å²) in [5, 5.41) is 8.63. The Balaban J connectivity index is 0. The summed E-state index contributed by atoms with van der Waals surface area (Å²) in [6.07, 6.45) is 0. The Kier molecular flexibility index (Phi) is 10.1. The summed E-state index contributed by atoms with van der Waals surface area (Å²) >= 11 is 0. The molecule has 4 radical (unpaired) electrons. The van der Waals surface area contributed by atoms with Crippen LogP contribution in [-0.2, 0) is 0 Å². The molecule has 1 aromatic rings. The molecule has 1 N–H and O–H groups in total. The minimum absolute atomic E-state index is 0. The van der Waals surface area contributed by atoms with Crippen LogP contribution in [0.4, 0.5) is 0 Å². The van der Waals surface area contributed by atoms with Crippen molar-refractivity contribution in [3.8, 4) is 5.75 Å². The number of phenols is 1. The van der Waals surface area contributed by atoms with E-state index in [0.29, 0.717) is 5.75 Å². The van der Waals surface area contributed by atoms with Crippen LogP contribution in [-0.4, -0.2) is 65.9 Å². The van der Waals surface area contributed by atoms with Gasteiger partial charge < -0.3 is 5.11 Å². The van der Waals surface area contributed by atoms with Gasteiger partial charge in [-0.15, -0.1) is 0 Å². The maximum Gasteiger partial charge on any atom is 0.115 e. The minimum Gasteiger partial charge on any atom is -0.508 e. The van der Waals surface area contributed by atoms with Gasteiger partial charge in [0.25, 0.3) is 0 Å². The fraction of sp³-hybridized carbons (Fsp3) is 0. The molecule has 0 bridgehead atoms. The Hall–Kier alpha value is 1.05. The molecule has 9 heavy (non-hydrogen) atoms. The summed E-state index contributed by atoms with van der Waals surface area (Å²) in [6.45, 7) is 0. The smallest absolute Gasteiger partial charge is 0.115 e. The van der Waals surface area contributed by atoms with E-state index in [9.17, 15) is 0 Å². The molecule has 1 aromatic carbocycles. The molecule has 0 aliphatic carbocycles. The summed E-state index contributed by atoms with van der Waals surface area (Å²) in [5.41, 5.74) is 0. The van der Waals surface area contributed by atoms with Gasteiger partial charge in [-0.3, -0.25) is 0 Å². The van der Waals surface area contributed by atoms with Gasteiger partial charge in [-0.2, -0.15) is 0 Å². The van der Waals surface area contributed by atoms with Crippen molar-refractivity contribution in [2.75, 3.05) is 0 Å². The molecule has 0 amide bonds. The SMILES string of the molecule is Oc1ccccc1.[Ca].[Mg]. The number of phenolic OH excluding ortho intramolecular Hbond substituents is 1. The number of hydrogen-bond acceptors (Lipinski definition) is 1. The molecule has 0 unspecified atom stereocenters. The first kappa shape index (κ1) is 12.7. The number of rotatable bonds is 0. The second-order valence-corrected chi connectivity index (χ2v) is 1.34. The van der Waals surface area contributed by atoms with Crippen LogP contribution >= 0.6 is 0 Å². The second kappa shape index (κ2) is 7.16. The van der Waals surface area contributed by atoms with E-state index in [-0.39, 0.29) is 60.8 Å². The van der Waals surface area contributed by atoms with Crippen molar-refractivity contribution in [3.63, 3.8) is 0 Å². The van der Waals surface area contributed by atoms with Crippen molar-refractivity contribution >= 4 is 60.8 Å². The monoisotopic (exact) mass is 158 g/mol. The Morgan fingerprint density at radius 1 is 1.00 bits per heavy atom. The van der Waals surface area contributed by atoms with E-state index in [1.54, 1.807) is 24.3 Å². The zero-order chi connectivity index (χ0) is 5.11. The molecule has 1 nitrogen and oxygen atoms in total. The fourth-order valence-electron chi connectivity index (χ4n) is 0.428. The van der Waals surface area contributed by atoms with Crippen LogP contribution in [0.5, 0.6) is 5.75 Å². The Bertz CT molecular complexity index is 143. The summed E-state index contributed by atoms with van der Waals surface area (Å²) < 4.78 is 0. The van der Waals surface area contributed by atoms with Gasteiger partial charge in [0.05, 0.1) is 0 Å². The standard InChI is InChI=1S/C6H6O.Ca.Mg/c7-6-4-2-1-3-5-6;;/h1-5,7H;;. The van der Waals surface area contributed by atoms with Gasteiger partial charge in [0.15, 0.2) is 0 Å². The maximum atomic E-state index is 8.63. The molecule has 0 spiro atoms. The molecule has 0 saturated carbocycles. The fourth-order valence-corrected chi connectivity index (χ4v) is 0.428. The molecular formula is C6H6CaMgO. The molecule has 3 heteroatoms. The molecule has 0 fully saturated rings. The second-order valence-electron chi connectivity index (χ2n) is 1.34. The van der Waals surface area contributed by atoms with E-state index < -0.39 is 0 Å². The van der Waals surface area contributed by atoms with Crippen molar-refractivity contribution in [3.05, 3.63) is 30.3 Å². The summed E-state index contributed by atoms with van der Waals surface area (Å²) in [4.78, 5) is 0. The van der Waals surface area contributed by atoms with Crippen LogP contribution in [0.3, 0.4) is 0 Å². The van der Waals surface area contributed by atoms with E-state index in [4.69, 9.17) is 5.11 Å². The third-order valence-corrected chi connectivity index (χ3v) is 0.756. The average Bonchev–Trinajstić information content (AvgIpc) is 1.69. The minimum atomic E-state index is 0. The quantitative estimate of drug-likeness (QED) is 0.549. The van der Waals surface area contributed by atoms with Crippen molar-refractivity contribution in [1.82, 2.24) is 0 Å². The van der Waals surface area contributed by atoms with E-state index >= 15 is 0 Å². The molecule has 0 aliphatic heterocycles. The zero-order valence-electron chi connectivity index (χ0n) is 5.25. The van der Waals surface area contributed by atoms with Crippen molar-refractivity contribution < 1.29 is 5.11 Å². The first-order valence-electron chi connectivity index (χ1n) is 2.13. The topological polar surface area (TPSA) is 20.2 Å². The van der Waals surface area contributed by atoms with Crippen molar-refractivity contribution in [2.24, 2.45) is 0 Å². The Labute approximate surface area is 101 Å². The number of para-hydroxylation sites is 1. The van der Waals surface area contributed by atoms with Crippen LogP contribution in [0.1, 0.15) is 0 Å². The summed E-state index contributed by atoms with van der Waals surface area (Å²) in [6, 6.07) is 8.71. The van der Waals surface area contributed by atoms with E-state index in [1.807, 2.05) is 6.07 Å². The van der Waals surface area contributed by atoms with E-state index in [2.05, 4.69) is 0 Å². The number of benzene rings is 1. The van der Waals surface area contributed by atoms with Gasteiger partial charge >= 0.3 is 0 Å². The molecule has 0 aromatic heterocycles. The molecular weight excluding hydrogens is 152 g/mol. The maximum absolute atomic E-state index is 8.63. The van der Waals surface area contributed by atoms with E-state index in [0.717, 1.165) is 0 Å². The molecule has 0 aliphatic rings. The first-order valence-corrected chi connectivity index (χ1v) is 2.13. The van der Waals surface area contributed by atoms with Crippen molar-refractivity contribution in [1.29, 1.82) is 0 Å². The van der Waals surface area contributed by atoms with Crippen LogP contribution in [0.25, 0.3) is 0 Å². The largest absolute Gasteiger partial charge is 0.508 e. The summed E-state index contributed by atoms with van der Waals surface area (Å²) in [7, 11) is 0. The van der Waals surface area contributed by atoms with Gasteiger partial charge in [-0.05, 0) is 12.1 Å². The predicted molar refractivity (Wildman–Crippen MR) is 39.6 cm³/mol. The summed E-state index contributed by atoms with van der Waals surface area (Å²) in [5.74, 6) is 0.322. The molecule has 1 rings (SSSR count). The number of hydrogen-bond donors (Lipinski definition) is 1. The normalized spacial score (nSPS) is 6.67. The van der Waals surface area contributed by atoms with Crippen LogP contribution in [0.15, 0.2) is 30.3 Å². The average molecular weight is 158 g/mol. The van der Waals surface area contributed by atoms with Crippen molar-refractivity contribution in [2.45, 2.75) is 0 Å². The van der Waals surface area contributed by atoms with Gasteiger partial charge in [0.1, 0.15) is 5.75 Å². The Morgan fingerprint density at radius 2 is 1.44 bits per heavy atom. The number of aromatic hydroxyl groups is 1. The van der Waals surface area contributed by atoms with Gasteiger partial charge in [-0.1, -0.05) is 18.2 Å². The van der Waals surface area contributed by atoms with Crippen LogP contribution in [0.2, 0.25) is 0 Å². The predicted octanol–water partition coefficient (Wildman–Crippen LogP) is 0.631. The van der Waals surface area contributed by atoms with Gasteiger partial charge in [0, 0.05) is 60.8 Å². The third kappa shape index (κ3) is 5.49. The van der Waals surface area contributed by atoms with Crippen LogP contribution in [0, 0.1) is 0 Å². The van der Waals surface area contributed by atoms with Crippen LogP contribution < -0.4 is 0 Å². The van der Waals surface area contributed by atoms with E-state index in [1.165, 1.54) is 0 Å². The molecule has 0 atom stereocenters. The van der Waals surface area contributed by atoms with Gasteiger partial charge in [-0.25, -0.2) is 0 Å². The van der Waals surface area contributed by atoms with Gasteiger partial charge in [0.2, 0.25) is 0 Å². The first-order chi connectivity index (χ1) is 3.39.